The summed E-state index contributed by atoms with van der Waals surface area (Å²) in [4.78, 5) is 24.1. The molecule has 3 saturated carbocycles. The van der Waals surface area contributed by atoms with Gasteiger partial charge in [0.15, 0.2) is 5.78 Å². The predicted molar refractivity (Wildman–Crippen MR) is 100 cm³/mol. The van der Waals surface area contributed by atoms with Crippen LogP contribution in [0, 0.1) is 28.6 Å². The number of Topliss-reactive ketones (excluding diaryl/α,β-unsaturated/α-hetero) is 1. The normalized spacial score (nSPS) is 48.9. The van der Waals surface area contributed by atoms with Gasteiger partial charge >= 0.3 is 5.97 Å². The van der Waals surface area contributed by atoms with Crippen molar-refractivity contribution in [2.75, 3.05) is 0 Å². The van der Waals surface area contributed by atoms with E-state index in [0.717, 1.165) is 44.9 Å². The van der Waals surface area contributed by atoms with E-state index in [4.69, 9.17) is 4.74 Å². The van der Waals surface area contributed by atoms with Gasteiger partial charge in [-0.1, -0.05) is 41.4 Å². The number of carbonyl (C=O) groups is 2. The third kappa shape index (κ3) is 2.57. The van der Waals surface area contributed by atoms with Crippen molar-refractivity contribution < 1.29 is 14.3 Å². The van der Waals surface area contributed by atoms with Crippen LogP contribution < -0.4 is 0 Å². The lowest BCUT2D eigenvalue weighted by atomic mass is 9.48. The Morgan fingerprint density at radius 3 is 2.64 bits per heavy atom. The fraction of sp³-hybridized carbons (Fsp3) is 0.810. The van der Waals surface area contributed by atoms with Gasteiger partial charge in [-0.3, -0.25) is 9.59 Å². The second-order valence-electron chi connectivity index (χ2n) is 9.26. The molecule has 4 rings (SSSR count). The maximum absolute atomic E-state index is 12.7. The van der Waals surface area contributed by atoms with Gasteiger partial charge in [0, 0.05) is 18.8 Å². The fourth-order valence-corrected chi connectivity index (χ4v) is 7.64. The highest BCUT2D eigenvalue weighted by Crippen LogP contribution is 2.64. The second kappa shape index (κ2) is 5.94. The van der Waals surface area contributed by atoms with Crippen LogP contribution >= 0.6 is 15.9 Å². The van der Waals surface area contributed by atoms with Crippen LogP contribution in [0.25, 0.3) is 0 Å². The number of allylic oxidation sites excluding steroid dienone is 1. The van der Waals surface area contributed by atoms with E-state index in [1.54, 1.807) is 0 Å². The van der Waals surface area contributed by atoms with E-state index in [9.17, 15) is 9.59 Å². The summed E-state index contributed by atoms with van der Waals surface area (Å²) >= 11 is 3.65. The SMILES string of the molecule is CC(=O)OC1CCC2(C)C(=CCC3C4CC(Br)C(=O)C4(C)CCC32)C1. The third-order valence-corrected chi connectivity index (χ3v) is 8.88. The van der Waals surface area contributed by atoms with Crippen LogP contribution in [-0.2, 0) is 14.3 Å². The number of esters is 1. The Labute approximate surface area is 159 Å². The van der Waals surface area contributed by atoms with Gasteiger partial charge in [-0.2, -0.15) is 0 Å². The van der Waals surface area contributed by atoms with Crippen LogP contribution in [-0.4, -0.2) is 22.7 Å². The summed E-state index contributed by atoms with van der Waals surface area (Å²) in [7, 11) is 0. The molecule has 3 nitrogen and oxygen atoms in total. The number of halogens is 1. The molecule has 3 fully saturated rings. The molecule has 0 aliphatic heterocycles. The molecule has 0 radical (unpaired) electrons. The average Bonchev–Trinajstić information content (AvgIpc) is 2.78. The zero-order valence-electron chi connectivity index (χ0n) is 15.5. The lowest BCUT2D eigenvalue weighted by molar-refractivity contribution is -0.148. The molecule has 25 heavy (non-hydrogen) atoms. The quantitative estimate of drug-likeness (QED) is 0.354. The minimum absolute atomic E-state index is 0.0548. The molecule has 0 saturated heterocycles. The van der Waals surface area contributed by atoms with Gasteiger partial charge in [-0.05, 0) is 61.7 Å². The van der Waals surface area contributed by atoms with Crippen LogP contribution in [0.4, 0.5) is 0 Å². The summed E-state index contributed by atoms with van der Waals surface area (Å²) in [6.45, 7) is 6.16. The number of hydrogen-bond acceptors (Lipinski definition) is 3. The van der Waals surface area contributed by atoms with Crippen molar-refractivity contribution in [2.45, 2.75) is 76.6 Å². The maximum atomic E-state index is 12.7. The van der Waals surface area contributed by atoms with Crippen molar-refractivity contribution in [2.24, 2.45) is 28.6 Å². The van der Waals surface area contributed by atoms with Gasteiger partial charge < -0.3 is 4.74 Å². The van der Waals surface area contributed by atoms with E-state index in [0.29, 0.717) is 23.5 Å². The Hall–Kier alpha value is -0.640. The summed E-state index contributed by atoms with van der Waals surface area (Å²) < 4.78 is 5.50. The van der Waals surface area contributed by atoms with Gasteiger partial charge in [-0.25, -0.2) is 0 Å². The molecule has 0 amide bonds. The van der Waals surface area contributed by atoms with E-state index in [1.165, 1.54) is 12.5 Å². The van der Waals surface area contributed by atoms with Crippen molar-refractivity contribution in [3.05, 3.63) is 11.6 Å². The molecular weight excluding hydrogens is 380 g/mol. The number of carbonyl (C=O) groups excluding carboxylic acids is 2. The first-order valence-corrected chi connectivity index (χ1v) is 10.7. The van der Waals surface area contributed by atoms with Gasteiger partial charge in [0.2, 0.25) is 0 Å². The molecule has 0 bridgehead atoms. The monoisotopic (exact) mass is 408 g/mol. The molecular formula is C21H29BrO3. The first kappa shape index (κ1) is 17.8. The largest absolute Gasteiger partial charge is 0.462 e. The number of fused-ring (bicyclic) bond motifs is 5. The summed E-state index contributed by atoms with van der Waals surface area (Å²) in [5.74, 6) is 2.10. The van der Waals surface area contributed by atoms with Gasteiger partial charge in [0.05, 0.1) is 4.83 Å². The predicted octanol–water partition coefficient (Wildman–Crippen LogP) is 4.82. The summed E-state index contributed by atoms with van der Waals surface area (Å²) in [6, 6.07) is 0. The molecule has 0 aromatic rings. The average molecular weight is 409 g/mol. The smallest absolute Gasteiger partial charge is 0.302 e. The van der Waals surface area contributed by atoms with Gasteiger partial charge in [0.1, 0.15) is 6.10 Å². The topological polar surface area (TPSA) is 43.4 Å². The molecule has 0 spiro atoms. The Bertz CT molecular complexity index is 641. The summed E-state index contributed by atoms with van der Waals surface area (Å²) in [6.07, 6.45) is 9.77. The number of hydrogen-bond donors (Lipinski definition) is 0. The zero-order chi connectivity index (χ0) is 18.0. The maximum Gasteiger partial charge on any atom is 0.302 e. The Morgan fingerprint density at radius 2 is 1.92 bits per heavy atom. The number of rotatable bonds is 1. The first-order chi connectivity index (χ1) is 11.8. The Kier molecular flexibility index (Phi) is 4.22. The highest BCUT2D eigenvalue weighted by atomic mass is 79.9. The van der Waals surface area contributed by atoms with Crippen molar-refractivity contribution in [3.8, 4) is 0 Å². The molecule has 4 aliphatic rings. The number of alkyl halides is 1. The summed E-state index contributed by atoms with van der Waals surface area (Å²) in [5, 5.41) is 0. The van der Waals surface area contributed by atoms with Gasteiger partial charge in [0.25, 0.3) is 0 Å². The van der Waals surface area contributed by atoms with Crippen molar-refractivity contribution in [1.29, 1.82) is 0 Å². The number of ketones is 1. The van der Waals surface area contributed by atoms with E-state index in [1.807, 2.05) is 0 Å². The van der Waals surface area contributed by atoms with Crippen molar-refractivity contribution in [3.63, 3.8) is 0 Å². The number of ether oxygens (including phenoxy) is 1. The molecule has 0 N–H and O–H groups in total. The highest BCUT2D eigenvalue weighted by molar-refractivity contribution is 9.10. The summed E-state index contributed by atoms with van der Waals surface area (Å²) in [5.41, 5.74) is 1.62. The van der Waals surface area contributed by atoms with E-state index in [2.05, 4.69) is 35.9 Å². The van der Waals surface area contributed by atoms with Crippen molar-refractivity contribution in [1.82, 2.24) is 0 Å². The zero-order valence-corrected chi connectivity index (χ0v) is 17.1. The molecule has 7 atom stereocenters. The van der Waals surface area contributed by atoms with Crippen LogP contribution in [0.2, 0.25) is 0 Å². The van der Waals surface area contributed by atoms with Crippen LogP contribution in [0.1, 0.15) is 65.7 Å². The standard InChI is InChI=1S/C21H29BrO3/c1-12(23)25-14-6-8-20(2)13(10-14)4-5-15-16(20)7-9-21(3)17(15)11-18(22)19(21)24/h4,14-18H,5-11H2,1-3H3. The molecule has 7 unspecified atom stereocenters. The Balaban J connectivity index is 1.61. The van der Waals surface area contributed by atoms with Crippen LogP contribution in [0.15, 0.2) is 11.6 Å². The molecule has 4 aliphatic carbocycles. The second-order valence-corrected chi connectivity index (χ2v) is 10.4. The van der Waals surface area contributed by atoms with E-state index < -0.39 is 0 Å². The molecule has 0 heterocycles. The fourth-order valence-electron chi connectivity index (χ4n) is 6.71. The van der Waals surface area contributed by atoms with Crippen LogP contribution in [0.5, 0.6) is 0 Å². The Morgan fingerprint density at radius 1 is 1.20 bits per heavy atom. The minimum atomic E-state index is -0.163. The lowest BCUT2D eigenvalue weighted by Crippen LogP contribution is -2.50. The minimum Gasteiger partial charge on any atom is -0.462 e. The van der Waals surface area contributed by atoms with Crippen LogP contribution in [0.3, 0.4) is 0 Å². The molecule has 4 heteroatoms. The lowest BCUT2D eigenvalue weighted by Gasteiger charge is -2.56. The first-order valence-electron chi connectivity index (χ1n) is 9.81. The third-order valence-electron chi connectivity index (χ3n) is 8.09. The van der Waals surface area contributed by atoms with Gasteiger partial charge in [-0.15, -0.1) is 0 Å². The molecule has 138 valence electrons. The van der Waals surface area contributed by atoms with E-state index >= 15 is 0 Å². The molecule has 0 aromatic carbocycles. The molecule has 0 aromatic heterocycles. The van der Waals surface area contributed by atoms with Crippen molar-refractivity contribution >= 4 is 27.7 Å². The van der Waals surface area contributed by atoms with E-state index in [-0.39, 0.29) is 27.7 Å². The highest BCUT2D eigenvalue weighted by Gasteiger charge is 2.60.